The van der Waals surface area contributed by atoms with Gasteiger partial charge in [0, 0.05) is 22.9 Å². The third kappa shape index (κ3) is 2.97. The van der Waals surface area contributed by atoms with E-state index in [1.54, 1.807) is 17.6 Å². The third-order valence-corrected chi connectivity index (χ3v) is 4.08. The van der Waals surface area contributed by atoms with E-state index in [9.17, 15) is 0 Å². The molecule has 2 heterocycles. The van der Waals surface area contributed by atoms with Gasteiger partial charge in [0.1, 0.15) is 0 Å². The largest absolute Gasteiger partial charge is 0.472 e. The van der Waals surface area contributed by atoms with Gasteiger partial charge in [0.25, 0.3) is 0 Å². The lowest BCUT2D eigenvalue weighted by Gasteiger charge is -2.15. The smallest absolute Gasteiger partial charge is 0.0950 e. The molecule has 0 amide bonds. The molecule has 0 aromatic carbocycles. The van der Waals surface area contributed by atoms with Gasteiger partial charge in [-0.15, -0.1) is 11.3 Å². The summed E-state index contributed by atoms with van der Waals surface area (Å²) in [4.78, 5) is 1.37. The minimum atomic E-state index is 0.342. The van der Waals surface area contributed by atoms with Gasteiger partial charge < -0.3 is 9.73 Å². The second-order valence-electron chi connectivity index (χ2n) is 3.58. The minimum Gasteiger partial charge on any atom is -0.472 e. The quantitative estimate of drug-likeness (QED) is 0.903. The van der Waals surface area contributed by atoms with Crippen LogP contribution >= 0.6 is 27.3 Å². The molecular formula is C12H14BrNOS. The maximum atomic E-state index is 5.14. The molecule has 0 fully saturated rings. The van der Waals surface area contributed by atoms with Crippen molar-refractivity contribution in [2.75, 3.05) is 6.54 Å². The predicted molar refractivity (Wildman–Crippen MR) is 70.8 cm³/mol. The highest BCUT2D eigenvalue weighted by molar-refractivity contribution is 9.11. The van der Waals surface area contributed by atoms with Gasteiger partial charge in [0.05, 0.1) is 16.3 Å². The maximum Gasteiger partial charge on any atom is 0.0950 e. The highest BCUT2D eigenvalue weighted by Gasteiger charge is 2.13. The molecule has 0 saturated carbocycles. The molecule has 1 unspecified atom stereocenters. The van der Waals surface area contributed by atoms with Gasteiger partial charge in [0.15, 0.2) is 0 Å². The van der Waals surface area contributed by atoms with Gasteiger partial charge in [-0.05, 0) is 40.7 Å². The van der Waals surface area contributed by atoms with Crippen molar-refractivity contribution in [3.63, 3.8) is 0 Å². The van der Waals surface area contributed by atoms with Crippen molar-refractivity contribution in [1.82, 2.24) is 5.32 Å². The molecule has 1 N–H and O–H groups in total. The molecule has 2 aromatic rings. The van der Waals surface area contributed by atoms with Crippen LogP contribution in [0.2, 0.25) is 0 Å². The first kappa shape index (κ1) is 11.9. The highest BCUT2D eigenvalue weighted by atomic mass is 79.9. The number of rotatable bonds is 5. The van der Waals surface area contributed by atoms with Crippen molar-refractivity contribution >= 4 is 27.3 Å². The molecule has 0 aliphatic heterocycles. The Labute approximate surface area is 108 Å². The molecule has 0 spiro atoms. The van der Waals surface area contributed by atoms with Gasteiger partial charge in [-0.3, -0.25) is 0 Å². The molecule has 0 aliphatic carbocycles. The van der Waals surface area contributed by atoms with Crippen LogP contribution in [0, 0.1) is 0 Å². The highest BCUT2D eigenvalue weighted by Crippen LogP contribution is 2.27. The molecule has 2 nitrogen and oxygen atoms in total. The van der Waals surface area contributed by atoms with E-state index in [1.807, 2.05) is 12.3 Å². The zero-order valence-corrected chi connectivity index (χ0v) is 11.5. The number of furan rings is 1. The van der Waals surface area contributed by atoms with E-state index in [0.29, 0.717) is 6.04 Å². The Balaban J connectivity index is 2.09. The van der Waals surface area contributed by atoms with Crippen LogP contribution in [-0.2, 0) is 6.42 Å². The van der Waals surface area contributed by atoms with E-state index < -0.39 is 0 Å². The van der Waals surface area contributed by atoms with Crippen molar-refractivity contribution in [3.05, 3.63) is 45.0 Å². The Hall–Kier alpha value is -0.580. The summed E-state index contributed by atoms with van der Waals surface area (Å²) in [6, 6.07) is 6.63. The molecule has 1 atom stereocenters. The van der Waals surface area contributed by atoms with Gasteiger partial charge in [0.2, 0.25) is 0 Å². The topological polar surface area (TPSA) is 25.2 Å². The summed E-state index contributed by atoms with van der Waals surface area (Å²) in [6.45, 7) is 3.08. The lowest BCUT2D eigenvalue weighted by Crippen LogP contribution is -2.22. The lowest BCUT2D eigenvalue weighted by atomic mass is 10.1. The van der Waals surface area contributed by atoms with Crippen LogP contribution in [0.4, 0.5) is 0 Å². The van der Waals surface area contributed by atoms with Crippen molar-refractivity contribution in [3.8, 4) is 0 Å². The van der Waals surface area contributed by atoms with Gasteiger partial charge >= 0.3 is 0 Å². The van der Waals surface area contributed by atoms with Gasteiger partial charge in [-0.25, -0.2) is 0 Å². The van der Waals surface area contributed by atoms with Crippen molar-refractivity contribution in [2.45, 2.75) is 19.4 Å². The number of halogens is 1. The molecule has 0 radical (unpaired) electrons. The zero-order valence-electron chi connectivity index (χ0n) is 9.07. The molecule has 0 bridgehead atoms. The number of hydrogen-bond donors (Lipinski definition) is 1. The molecule has 0 aliphatic rings. The Bertz CT molecular complexity index is 424. The summed E-state index contributed by atoms with van der Waals surface area (Å²) in [5, 5.41) is 3.47. The monoisotopic (exact) mass is 299 g/mol. The molecule has 4 heteroatoms. The summed E-state index contributed by atoms with van der Waals surface area (Å²) in [5.41, 5.74) is 1.21. The van der Waals surface area contributed by atoms with Crippen LogP contribution in [0.15, 0.2) is 38.9 Å². The fraction of sp³-hybridized carbons (Fsp3) is 0.333. The van der Waals surface area contributed by atoms with E-state index in [2.05, 4.69) is 40.3 Å². The summed E-state index contributed by atoms with van der Waals surface area (Å²) >= 11 is 5.27. The maximum absolute atomic E-state index is 5.14. The lowest BCUT2D eigenvalue weighted by molar-refractivity contribution is 0.527. The Morgan fingerprint density at radius 3 is 2.88 bits per heavy atom. The van der Waals surface area contributed by atoms with Gasteiger partial charge in [-0.2, -0.15) is 0 Å². The van der Waals surface area contributed by atoms with Crippen LogP contribution in [0.3, 0.4) is 0 Å². The first-order chi connectivity index (χ1) is 7.79. The standard InChI is InChI=1S/C12H14BrNOS/c1-2-14-11(9-5-6-15-8-9)7-10-3-4-12(13)16-10/h3-6,8,11,14H,2,7H2,1H3. The normalized spacial score (nSPS) is 12.9. The molecule has 16 heavy (non-hydrogen) atoms. The SMILES string of the molecule is CCNC(Cc1ccc(Br)s1)c1ccoc1. The fourth-order valence-corrected chi connectivity index (χ4v) is 3.22. The summed E-state index contributed by atoms with van der Waals surface area (Å²) in [7, 11) is 0. The summed E-state index contributed by atoms with van der Waals surface area (Å²) < 4.78 is 6.32. The summed E-state index contributed by atoms with van der Waals surface area (Å²) in [6.07, 6.45) is 4.55. The van der Waals surface area contributed by atoms with E-state index in [1.165, 1.54) is 14.2 Å². The predicted octanol–water partition coefficient (Wildman–Crippen LogP) is 4.00. The van der Waals surface area contributed by atoms with E-state index >= 15 is 0 Å². The molecule has 0 saturated heterocycles. The average Bonchev–Trinajstić information content (AvgIpc) is 2.88. The van der Waals surface area contributed by atoms with Crippen LogP contribution in [-0.4, -0.2) is 6.54 Å². The Morgan fingerprint density at radius 1 is 1.44 bits per heavy atom. The molecule has 2 rings (SSSR count). The van der Waals surface area contributed by atoms with Crippen molar-refractivity contribution < 1.29 is 4.42 Å². The third-order valence-electron chi connectivity index (χ3n) is 2.43. The number of likely N-dealkylation sites (N-methyl/N-ethyl adjacent to an activating group) is 1. The van der Waals surface area contributed by atoms with Gasteiger partial charge in [-0.1, -0.05) is 6.92 Å². The Kier molecular flexibility index (Phi) is 4.21. The first-order valence-corrected chi connectivity index (χ1v) is 6.90. The second-order valence-corrected chi connectivity index (χ2v) is 6.12. The fourth-order valence-electron chi connectivity index (χ4n) is 1.69. The second kappa shape index (κ2) is 5.66. The zero-order chi connectivity index (χ0) is 11.4. The summed E-state index contributed by atoms with van der Waals surface area (Å²) in [5.74, 6) is 0. The van der Waals surface area contributed by atoms with E-state index in [-0.39, 0.29) is 0 Å². The van der Waals surface area contributed by atoms with E-state index in [0.717, 1.165) is 13.0 Å². The minimum absolute atomic E-state index is 0.342. The molecule has 86 valence electrons. The first-order valence-electron chi connectivity index (χ1n) is 5.29. The average molecular weight is 300 g/mol. The van der Waals surface area contributed by atoms with Crippen LogP contribution in [0.5, 0.6) is 0 Å². The molecule has 2 aromatic heterocycles. The number of hydrogen-bond acceptors (Lipinski definition) is 3. The van der Waals surface area contributed by atoms with Crippen LogP contribution in [0.25, 0.3) is 0 Å². The molecular weight excluding hydrogens is 286 g/mol. The number of nitrogens with one attached hydrogen (secondary N) is 1. The Morgan fingerprint density at radius 2 is 2.31 bits per heavy atom. The van der Waals surface area contributed by atoms with E-state index in [4.69, 9.17) is 4.42 Å². The van der Waals surface area contributed by atoms with Crippen molar-refractivity contribution in [1.29, 1.82) is 0 Å². The van der Waals surface area contributed by atoms with Crippen LogP contribution in [0.1, 0.15) is 23.4 Å². The van der Waals surface area contributed by atoms with Crippen LogP contribution < -0.4 is 5.32 Å². The number of thiophene rings is 1. The van der Waals surface area contributed by atoms with Crippen molar-refractivity contribution in [2.24, 2.45) is 0 Å².